The van der Waals surface area contributed by atoms with Gasteiger partial charge in [-0.15, -0.1) is 11.3 Å². The summed E-state index contributed by atoms with van der Waals surface area (Å²) >= 11 is 7.85. The summed E-state index contributed by atoms with van der Waals surface area (Å²) < 4.78 is 5.76. The Bertz CT molecular complexity index is 672. The van der Waals surface area contributed by atoms with E-state index in [1.165, 1.54) is 4.88 Å². The van der Waals surface area contributed by atoms with Crippen molar-refractivity contribution < 1.29 is 9.53 Å². The van der Waals surface area contributed by atoms with Crippen molar-refractivity contribution in [1.29, 1.82) is 0 Å². The van der Waals surface area contributed by atoms with Gasteiger partial charge in [-0.05, 0) is 36.4 Å². The summed E-state index contributed by atoms with van der Waals surface area (Å²) in [4.78, 5) is 15.9. The third-order valence-corrected chi connectivity index (χ3v) is 5.44. The molecular formula is C19H23ClN2O2S. The van der Waals surface area contributed by atoms with Crippen molar-refractivity contribution in [2.45, 2.75) is 31.9 Å². The number of carbonyl (C=O) groups is 1. The van der Waals surface area contributed by atoms with Crippen LogP contribution in [0.15, 0.2) is 41.8 Å². The van der Waals surface area contributed by atoms with Crippen LogP contribution in [-0.4, -0.2) is 36.6 Å². The van der Waals surface area contributed by atoms with E-state index >= 15 is 0 Å². The molecule has 1 atom stereocenters. The molecule has 6 heteroatoms. The molecule has 1 aliphatic rings. The van der Waals surface area contributed by atoms with Gasteiger partial charge in [0, 0.05) is 37.5 Å². The Hall–Kier alpha value is -1.40. The Morgan fingerprint density at radius 2 is 2.20 bits per heavy atom. The van der Waals surface area contributed by atoms with Gasteiger partial charge in [-0.2, -0.15) is 0 Å². The number of amides is 1. The van der Waals surface area contributed by atoms with Crippen molar-refractivity contribution in [3.63, 3.8) is 0 Å². The molecule has 1 N–H and O–H groups in total. The fraction of sp³-hybridized carbons (Fsp3) is 0.421. The summed E-state index contributed by atoms with van der Waals surface area (Å²) in [6.45, 7) is 3.28. The number of thiophene rings is 1. The summed E-state index contributed by atoms with van der Waals surface area (Å²) in [7, 11) is 0. The molecule has 3 rings (SSSR count). The topological polar surface area (TPSA) is 41.6 Å². The van der Waals surface area contributed by atoms with Crippen LogP contribution in [0.2, 0.25) is 5.02 Å². The summed E-state index contributed by atoms with van der Waals surface area (Å²) in [6, 6.07) is 11.5. The molecule has 1 amide bonds. The van der Waals surface area contributed by atoms with Gasteiger partial charge in [0.2, 0.25) is 5.91 Å². The number of para-hydroxylation sites is 1. The average Bonchev–Trinajstić information content (AvgIpc) is 3.29. The van der Waals surface area contributed by atoms with Gasteiger partial charge in [-0.25, -0.2) is 0 Å². The number of halogens is 1. The van der Waals surface area contributed by atoms with Crippen LogP contribution >= 0.6 is 22.9 Å². The van der Waals surface area contributed by atoms with Gasteiger partial charge >= 0.3 is 0 Å². The fourth-order valence-electron chi connectivity index (χ4n) is 2.97. The first-order chi connectivity index (χ1) is 12.2. The van der Waals surface area contributed by atoms with Crippen molar-refractivity contribution in [3.05, 3.63) is 51.7 Å². The molecule has 1 fully saturated rings. The second-order valence-electron chi connectivity index (χ2n) is 6.23. The fourth-order valence-corrected chi connectivity index (χ4v) is 3.90. The van der Waals surface area contributed by atoms with Crippen molar-refractivity contribution in [2.75, 3.05) is 25.0 Å². The van der Waals surface area contributed by atoms with Crippen LogP contribution in [0.4, 0.5) is 5.69 Å². The SMILES string of the molecule is O=C(CCN(Cc1cccs1)CC1CCCO1)Nc1ccccc1Cl. The van der Waals surface area contributed by atoms with Gasteiger partial charge in [0.25, 0.3) is 0 Å². The lowest BCUT2D eigenvalue weighted by molar-refractivity contribution is -0.116. The van der Waals surface area contributed by atoms with Gasteiger partial charge < -0.3 is 10.1 Å². The van der Waals surface area contributed by atoms with E-state index < -0.39 is 0 Å². The quantitative estimate of drug-likeness (QED) is 0.739. The Labute approximate surface area is 157 Å². The standard InChI is InChI=1S/C19H23ClN2O2S/c20-17-7-1-2-8-18(17)21-19(23)9-10-22(13-15-5-3-11-24-15)14-16-6-4-12-25-16/h1-2,4,6-8,12,15H,3,5,9-11,13-14H2,(H,21,23). The van der Waals surface area contributed by atoms with Crippen LogP contribution < -0.4 is 5.32 Å². The van der Waals surface area contributed by atoms with E-state index in [0.717, 1.165) is 32.5 Å². The average molecular weight is 379 g/mol. The van der Waals surface area contributed by atoms with Crippen molar-refractivity contribution in [3.8, 4) is 0 Å². The third kappa shape index (κ3) is 5.82. The second kappa shape index (κ2) is 9.34. The van der Waals surface area contributed by atoms with Gasteiger partial charge in [0.15, 0.2) is 0 Å². The summed E-state index contributed by atoms with van der Waals surface area (Å²) in [5, 5.41) is 5.54. The molecule has 2 aromatic rings. The summed E-state index contributed by atoms with van der Waals surface area (Å²) in [5.41, 5.74) is 0.665. The van der Waals surface area contributed by atoms with Crippen LogP contribution in [0.3, 0.4) is 0 Å². The molecule has 134 valence electrons. The van der Waals surface area contributed by atoms with Crippen LogP contribution in [0.1, 0.15) is 24.1 Å². The van der Waals surface area contributed by atoms with Crippen LogP contribution in [0.25, 0.3) is 0 Å². The number of hydrogen-bond acceptors (Lipinski definition) is 4. The molecule has 1 aromatic heterocycles. The largest absolute Gasteiger partial charge is 0.377 e. The predicted molar refractivity (Wildman–Crippen MR) is 103 cm³/mol. The normalized spacial score (nSPS) is 17.1. The minimum absolute atomic E-state index is 0.0170. The number of anilines is 1. The van der Waals surface area contributed by atoms with Crippen molar-refractivity contribution in [1.82, 2.24) is 4.90 Å². The van der Waals surface area contributed by atoms with E-state index in [2.05, 4.69) is 27.7 Å². The lowest BCUT2D eigenvalue weighted by Crippen LogP contribution is -2.34. The van der Waals surface area contributed by atoms with E-state index in [9.17, 15) is 4.79 Å². The van der Waals surface area contributed by atoms with Gasteiger partial charge in [0.1, 0.15) is 0 Å². The van der Waals surface area contributed by atoms with E-state index in [1.54, 1.807) is 17.4 Å². The molecule has 0 aliphatic carbocycles. The lowest BCUT2D eigenvalue weighted by Gasteiger charge is -2.24. The van der Waals surface area contributed by atoms with Gasteiger partial charge in [0.05, 0.1) is 16.8 Å². The maximum Gasteiger partial charge on any atom is 0.225 e. The van der Waals surface area contributed by atoms with Gasteiger partial charge in [-0.3, -0.25) is 9.69 Å². The second-order valence-corrected chi connectivity index (χ2v) is 7.67. The van der Waals surface area contributed by atoms with E-state index in [0.29, 0.717) is 23.7 Å². The molecule has 0 radical (unpaired) electrons. The Morgan fingerprint density at radius 1 is 1.32 bits per heavy atom. The van der Waals surface area contributed by atoms with Crippen LogP contribution in [0.5, 0.6) is 0 Å². The zero-order valence-electron chi connectivity index (χ0n) is 14.1. The molecule has 1 saturated heterocycles. The Balaban J connectivity index is 1.53. The predicted octanol–water partition coefficient (Wildman–Crippen LogP) is 4.41. The smallest absolute Gasteiger partial charge is 0.225 e. The van der Waals surface area contributed by atoms with Crippen molar-refractivity contribution >= 4 is 34.5 Å². The molecule has 2 heterocycles. The summed E-state index contributed by atoms with van der Waals surface area (Å²) in [5.74, 6) is -0.0170. The van der Waals surface area contributed by atoms with E-state index in [-0.39, 0.29) is 12.0 Å². The molecular weight excluding hydrogens is 356 g/mol. The van der Waals surface area contributed by atoms with E-state index in [1.807, 2.05) is 18.2 Å². The minimum Gasteiger partial charge on any atom is -0.377 e. The number of benzene rings is 1. The summed E-state index contributed by atoms with van der Waals surface area (Å²) in [6.07, 6.45) is 2.95. The molecule has 1 aromatic carbocycles. The molecule has 0 saturated carbocycles. The minimum atomic E-state index is -0.0170. The third-order valence-electron chi connectivity index (χ3n) is 4.25. The number of nitrogens with one attached hydrogen (secondary N) is 1. The highest BCUT2D eigenvalue weighted by atomic mass is 35.5. The Morgan fingerprint density at radius 3 is 2.92 bits per heavy atom. The first kappa shape index (κ1) is 18.4. The molecule has 0 spiro atoms. The number of carbonyl (C=O) groups excluding carboxylic acids is 1. The zero-order chi connectivity index (χ0) is 17.5. The zero-order valence-corrected chi connectivity index (χ0v) is 15.7. The number of ether oxygens (including phenoxy) is 1. The monoisotopic (exact) mass is 378 g/mol. The molecule has 1 unspecified atom stereocenters. The number of nitrogens with zero attached hydrogens (tertiary/aromatic N) is 1. The number of hydrogen-bond donors (Lipinski definition) is 1. The number of rotatable bonds is 8. The molecule has 4 nitrogen and oxygen atoms in total. The van der Waals surface area contributed by atoms with Crippen LogP contribution in [-0.2, 0) is 16.1 Å². The molecule has 1 aliphatic heterocycles. The van der Waals surface area contributed by atoms with Gasteiger partial charge in [-0.1, -0.05) is 29.8 Å². The highest BCUT2D eigenvalue weighted by Crippen LogP contribution is 2.21. The highest BCUT2D eigenvalue weighted by molar-refractivity contribution is 7.09. The van der Waals surface area contributed by atoms with Crippen LogP contribution in [0, 0.1) is 0 Å². The van der Waals surface area contributed by atoms with Crippen molar-refractivity contribution in [2.24, 2.45) is 0 Å². The first-order valence-corrected chi connectivity index (χ1v) is 9.87. The lowest BCUT2D eigenvalue weighted by atomic mass is 10.2. The highest BCUT2D eigenvalue weighted by Gasteiger charge is 2.20. The maximum atomic E-state index is 12.3. The Kier molecular flexibility index (Phi) is 6.87. The van der Waals surface area contributed by atoms with E-state index in [4.69, 9.17) is 16.3 Å². The molecule has 25 heavy (non-hydrogen) atoms. The maximum absolute atomic E-state index is 12.3. The molecule has 0 bridgehead atoms. The first-order valence-electron chi connectivity index (χ1n) is 8.61.